The van der Waals surface area contributed by atoms with Crippen molar-refractivity contribution >= 4 is 12.6 Å². The summed E-state index contributed by atoms with van der Waals surface area (Å²) < 4.78 is 10.4. The second-order valence-corrected chi connectivity index (χ2v) is 5.48. The Morgan fingerprint density at radius 1 is 1.35 bits per heavy atom. The lowest BCUT2D eigenvalue weighted by molar-refractivity contribution is -0.0982. The van der Waals surface area contributed by atoms with Crippen LogP contribution in [0.3, 0.4) is 0 Å². The Kier molecular flexibility index (Phi) is 4.76. The van der Waals surface area contributed by atoms with Crippen LogP contribution in [0.2, 0.25) is 0 Å². The van der Waals surface area contributed by atoms with E-state index < -0.39 is 18.3 Å². The van der Waals surface area contributed by atoms with E-state index in [1.807, 2.05) is 6.07 Å². The summed E-state index contributed by atoms with van der Waals surface area (Å²) in [5.41, 5.74) is -1.61. The van der Waals surface area contributed by atoms with Crippen LogP contribution in [0.25, 0.3) is 0 Å². The molecule has 20 heavy (non-hydrogen) atoms. The molecule has 0 aromatic carbocycles. The molecule has 0 fully saturated rings. The number of methoxy groups -OCH3 is 1. The number of aliphatic hydroxyl groups is 1. The van der Waals surface area contributed by atoms with Gasteiger partial charge in [-0.3, -0.25) is 0 Å². The Bertz CT molecular complexity index is 520. The minimum absolute atomic E-state index is 0.185. The zero-order valence-electron chi connectivity index (χ0n) is 12.3. The van der Waals surface area contributed by atoms with E-state index in [-0.39, 0.29) is 11.4 Å². The number of hydrogen-bond acceptors (Lipinski definition) is 6. The van der Waals surface area contributed by atoms with Crippen molar-refractivity contribution < 1.29 is 19.5 Å². The van der Waals surface area contributed by atoms with Gasteiger partial charge in [0.1, 0.15) is 11.6 Å². The van der Waals surface area contributed by atoms with Gasteiger partial charge in [-0.25, -0.2) is 4.98 Å². The first kappa shape index (κ1) is 16.4. The van der Waals surface area contributed by atoms with Crippen molar-refractivity contribution in [1.82, 2.24) is 4.98 Å². The van der Waals surface area contributed by atoms with Gasteiger partial charge in [-0.2, -0.15) is 5.26 Å². The van der Waals surface area contributed by atoms with Gasteiger partial charge in [0.25, 0.3) is 0 Å². The molecule has 1 aromatic heterocycles. The maximum absolute atomic E-state index is 10.1. The minimum Gasteiger partial charge on any atom is -0.480 e. The van der Waals surface area contributed by atoms with Crippen molar-refractivity contribution in [2.75, 3.05) is 7.11 Å². The van der Waals surface area contributed by atoms with Crippen LogP contribution in [0.4, 0.5) is 0 Å². The highest BCUT2D eigenvalue weighted by Gasteiger charge is 2.39. The molecule has 1 heterocycles. The van der Waals surface area contributed by atoms with Crippen LogP contribution in [-0.4, -0.2) is 40.5 Å². The standard InChI is InChI=1S/C13H19BN2O4/c1-12(2,17)13(3,4)20-14(18)10-6-9(7-15)11(19-5)16-8-10/h6,8,17-18H,1-5H3. The van der Waals surface area contributed by atoms with E-state index in [4.69, 9.17) is 14.7 Å². The quantitative estimate of drug-likeness (QED) is 0.748. The lowest BCUT2D eigenvalue weighted by atomic mass is 9.77. The molecule has 7 heteroatoms. The summed E-state index contributed by atoms with van der Waals surface area (Å²) in [5, 5.41) is 29.1. The predicted octanol–water partition coefficient (Wildman–Crippen LogP) is 0.215. The largest absolute Gasteiger partial charge is 0.493 e. The maximum atomic E-state index is 10.1. The Hall–Kier alpha value is -1.62. The van der Waals surface area contributed by atoms with E-state index in [0.717, 1.165) is 0 Å². The van der Waals surface area contributed by atoms with Crippen LogP contribution in [0.1, 0.15) is 33.3 Å². The third-order valence-electron chi connectivity index (χ3n) is 3.35. The summed E-state index contributed by atoms with van der Waals surface area (Å²) in [6.07, 6.45) is 1.37. The van der Waals surface area contributed by atoms with Gasteiger partial charge in [0.05, 0.1) is 18.3 Å². The molecule has 0 radical (unpaired) electrons. The van der Waals surface area contributed by atoms with E-state index in [1.54, 1.807) is 27.7 Å². The molecule has 0 aliphatic carbocycles. The van der Waals surface area contributed by atoms with Gasteiger partial charge in [0, 0.05) is 11.7 Å². The summed E-state index contributed by atoms with van der Waals surface area (Å²) in [6, 6.07) is 3.37. The molecule has 0 amide bonds. The highest BCUT2D eigenvalue weighted by atomic mass is 16.5. The average molecular weight is 278 g/mol. The normalized spacial score (nSPS) is 11.9. The van der Waals surface area contributed by atoms with E-state index in [0.29, 0.717) is 5.46 Å². The van der Waals surface area contributed by atoms with E-state index in [2.05, 4.69) is 4.98 Å². The Morgan fingerprint density at radius 2 is 1.95 bits per heavy atom. The van der Waals surface area contributed by atoms with Gasteiger partial charge in [-0.05, 0) is 33.8 Å². The summed E-state index contributed by atoms with van der Waals surface area (Å²) >= 11 is 0. The maximum Gasteiger partial charge on any atom is 0.493 e. The second kappa shape index (κ2) is 5.79. The van der Waals surface area contributed by atoms with Gasteiger partial charge < -0.3 is 19.5 Å². The van der Waals surface area contributed by atoms with Gasteiger partial charge in [0.2, 0.25) is 5.88 Å². The van der Waals surface area contributed by atoms with Crippen LogP contribution in [-0.2, 0) is 4.65 Å². The van der Waals surface area contributed by atoms with Crippen LogP contribution < -0.4 is 10.2 Å². The lowest BCUT2D eigenvalue weighted by Gasteiger charge is -2.38. The zero-order valence-corrected chi connectivity index (χ0v) is 12.3. The number of nitrogens with zero attached hydrogens (tertiary/aromatic N) is 2. The van der Waals surface area contributed by atoms with Gasteiger partial charge in [-0.15, -0.1) is 0 Å². The predicted molar refractivity (Wildman–Crippen MR) is 74.6 cm³/mol. The van der Waals surface area contributed by atoms with Gasteiger partial charge in [0.15, 0.2) is 0 Å². The Labute approximate surface area is 119 Å². The first-order valence-electron chi connectivity index (χ1n) is 6.14. The number of hydrogen-bond donors (Lipinski definition) is 2. The van der Waals surface area contributed by atoms with Crippen molar-refractivity contribution in [3.8, 4) is 11.9 Å². The van der Waals surface area contributed by atoms with Crippen LogP contribution in [0, 0.1) is 11.3 Å². The van der Waals surface area contributed by atoms with E-state index in [9.17, 15) is 10.1 Å². The number of nitriles is 1. The summed E-state index contributed by atoms with van der Waals surface area (Å²) in [5.74, 6) is 0.185. The molecule has 0 aliphatic rings. The molecule has 0 unspecified atom stereocenters. The van der Waals surface area contributed by atoms with Gasteiger partial charge in [-0.1, -0.05) is 0 Å². The monoisotopic (exact) mass is 278 g/mol. The summed E-state index contributed by atoms with van der Waals surface area (Å²) in [7, 11) is 0.106. The number of aromatic nitrogens is 1. The smallest absolute Gasteiger partial charge is 0.480 e. The van der Waals surface area contributed by atoms with E-state index in [1.165, 1.54) is 19.4 Å². The molecule has 1 aromatic rings. The molecule has 0 aliphatic heterocycles. The lowest BCUT2D eigenvalue weighted by Crippen LogP contribution is -2.53. The zero-order chi connectivity index (χ0) is 15.6. The first-order valence-corrected chi connectivity index (χ1v) is 6.14. The molecule has 6 nitrogen and oxygen atoms in total. The number of pyridine rings is 1. The molecule has 2 N–H and O–H groups in total. The molecular weight excluding hydrogens is 259 g/mol. The fraction of sp³-hybridized carbons (Fsp3) is 0.538. The highest BCUT2D eigenvalue weighted by Crippen LogP contribution is 2.25. The topological polar surface area (TPSA) is 95.6 Å². The Balaban J connectivity index is 3.00. The Morgan fingerprint density at radius 3 is 2.40 bits per heavy atom. The number of ether oxygens (including phenoxy) is 1. The van der Waals surface area contributed by atoms with Crippen LogP contribution in [0.5, 0.6) is 5.88 Å². The van der Waals surface area contributed by atoms with Crippen LogP contribution in [0.15, 0.2) is 12.3 Å². The van der Waals surface area contributed by atoms with Crippen molar-refractivity contribution in [2.24, 2.45) is 0 Å². The highest BCUT2D eigenvalue weighted by molar-refractivity contribution is 6.60. The van der Waals surface area contributed by atoms with Crippen LogP contribution >= 0.6 is 0 Å². The second-order valence-electron chi connectivity index (χ2n) is 5.48. The number of rotatable bonds is 5. The van der Waals surface area contributed by atoms with E-state index >= 15 is 0 Å². The fourth-order valence-corrected chi connectivity index (χ4v) is 1.34. The summed E-state index contributed by atoms with van der Waals surface area (Å²) in [4.78, 5) is 3.93. The SMILES string of the molecule is COc1ncc(B(O)OC(C)(C)C(C)(C)O)cc1C#N. The minimum atomic E-state index is -1.30. The van der Waals surface area contributed by atoms with Crippen molar-refractivity contribution in [3.05, 3.63) is 17.8 Å². The molecule has 0 spiro atoms. The molecule has 0 atom stereocenters. The van der Waals surface area contributed by atoms with Gasteiger partial charge >= 0.3 is 7.12 Å². The third-order valence-corrected chi connectivity index (χ3v) is 3.35. The molecule has 1 rings (SSSR count). The molecule has 0 bridgehead atoms. The third kappa shape index (κ3) is 3.48. The first-order chi connectivity index (χ1) is 9.12. The molecular formula is C13H19BN2O4. The van der Waals surface area contributed by atoms with Crippen molar-refractivity contribution in [2.45, 2.75) is 38.9 Å². The summed E-state index contributed by atoms with van der Waals surface area (Å²) in [6.45, 7) is 6.51. The fourth-order valence-electron chi connectivity index (χ4n) is 1.34. The molecule has 108 valence electrons. The average Bonchev–Trinajstić information content (AvgIpc) is 2.35. The van der Waals surface area contributed by atoms with Crippen molar-refractivity contribution in [3.63, 3.8) is 0 Å². The molecule has 0 saturated carbocycles. The molecule has 0 saturated heterocycles. The van der Waals surface area contributed by atoms with Crippen molar-refractivity contribution in [1.29, 1.82) is 5.26 Å².